The van der Waals surface area contributed by atoms with Gasteiger partial charge in [-0.2, -0.15) is 0 Å². The Kier molecular flexibility index (Phi) is 1.96. The quantitative estimate of drug-likeness (QED) is 0.823. The van der Waals surface area contributed by atoms with Gasteiger partial charge in [-0.15, -0.1) is 0 Å². The molecule has 2 heteroatoms. The Bertz CT molecular complexity index is 387. The molecule has 2 aliphatic rings. The monoisotopic (exact) mass is 205 g/mol. The average Bonchev–Trinajstić information content (AvgIpc) is 2.65. The lowest BCUT2D eigenvalue weighted by Crippen LogP contribution is -2.22. The highest BCUT2D eigenvalue weighted by Gasteiger charge is 2.38. The van der Waals surface area contributed by atoms with Crippen molar-refractivity contribution in [2.45, 2.75) is 57.4 Å². The Morgan fingerprint density at radius 1 is 1.33 bits per heavy atom. The number of hydrogen-bond acceptors (Lipinski definition) is 2. The van der Waals surface area contributed by atoms with Gasteiger partial charge in [0.2, 0.25) is 0 Å². The van der Waals surface area contributed by atoms with Crippen molar-refractivity contribution < 1.29 is 4.42 Å². The van der Waals surface area contributed by atoms with E-state index in [0.717, 1.165) is 25.0 Å². The summed E-state index contributed by atoms with van der Waals surface area (Å²) in [5.41, 5.74) is 9.29. The fourth-order valence-corrected chi connectivity index (χ4v) is 2.72. The normalized spacial score (nSPS) is 21.7. The van der Waals surface area contributed by atoms with Crippen molar-refractivity contribution in [1.82, 2.24) is 0 Å². The van der Waals surface area contributed by atoms with Crippen LogP contribution in [0, 0.1) is 6.92 Å². The fourth-order valence-electron chi connectivity index (χ4n) is 2.72. The standard InChI is InChI=1S/C13H19NO/c1-9-10(5-6-13(14)7-8-13)11-3-2-4-12(11)15-9/h2-8,14H2,1H3. The summed E-state index contributed by atoms with van der Waals surface area (Å²) in [5, 5.41) is 0. The van der Waals surface area contributed by atoms with Gasteiger partial charge < -0.3 is 10.2 Å². The summed E-state index contributed by atoms with van der Waals surface area (Å²) in [6, 6.07) is 0. The number of fused-ring (bicyclic) bond motifs is 1. The van der Waals surface area contributed by atoms with E-state index >= 15 is 0 Å². The SMILES string of the molecule is Cc1oc2c(c1CCC1(N)CC1)CCC2. The Morgan fingerprint density at radius 2 is 2.13 bits per heavy atom. The minimum Gasteiger partial charge on any atom is -0.466 e. The second kappa shape index (κ2) is 3.11. The van der Waals surface area contributed by atoms with Crippen LogP contribution in [-0.2, 0) is 19.3 Å². The molecule has 0 atom stereocenters. The van der Waals surface area contributed by atoms with Crippen molar-refractivity contribution in [3.8, 4) is 0 Å². The molecule has 1 fully saturated rings. The second-order valence-electron chi connectivity index (χ2n) is 5.25. The Morgan fingerprint density at radius 3 is 2.87 bits per heavy atom. The second-order valence-corrected chi connectivity index (χ2v) is 5.25. The fraction of sp³-hybridized carbons (Fsp3) is 0.692. The molecule has 1 heterocycles. The number of rotatable bonds is 3. The van der Waals surface area contributed by atoms with Crippen molar-refractivity contribution in [2.75, 3.05) is 0 Å². The molecule has 1 saturated carbocycles. The summed E-state index contributed by atoms with van der Waals surface area (Å²) in [6.45, 7) is 2.10. The van der Waals surface area contributed by atoms with Gasteiger partial charge in [-0.3, -0.25) is 0 Å². The summed E-state index contributed by atoms with van der Waals surface area (Å²) in [7, 11) is 0. The van der Waals surface area contributed by atoms with Gasteiger partial charge in [-0.05, 0) is 56.6 Å². The highest BCUT2D eigenvalue weighted by Crippen LogP contribution is 2.38. The maximum atomic E-state index is 6.13. The van der Waals surface area contributed by atoms with Gasteiger partial charge >= 0.3 is 0 Å². The topological polar surface area (TPSA) is 39.2 Å². The predicted molar refractivity (Wildman–Crippen MR) is 59.9 cm³/mol. The molecule has 2 aliphatic carbocycles. The molecule has 15 heavy (non-hydrogen) atoms. The summed E-state index contributed by atoms with van der Waals surface area (Å²) in [6.07, 6.45) is 8.33. The third kappa shape index (κ3) is 1.61. The van der Waals surface area contributed by atoms with Crippen LogP contribution in [0.3, 0.4) is 0 Å². The highest BCUT2D eigenvalue weighted by atomic mass is 16.3. The van der Waals surface area contributed by atoms with E-state index in [4.69, 9.17) is 10.2 Å². The zero-order chi connectivity index (χ0) is 10.5. The average molecular weight is 205 g/mol. The van der Waals surface area contributed by atoms with Gasteiger partial charge in [0.15, 0.2) is 0 Å². The van der Waals surface area contributed by atoms with E-state index < -0.39 is 0 Å². The molecular formula is C13H19NO. The lowest BCUT2D eigenvalue weighted by molar-refractivity contribution is 0.482. The zero-order valence-electron chi connectivity index (χ0n) is 9.44. The number of furan rings is 1. The van der Waals surface area contributed by atoms with Crippen LogP contribution in [0.1, 0.15) is 48.3 Å². The molecule has 0 spiro atoms. The Hall–Kier alpha value is -0.760. The van der Waals surface area contributed by atoms with E-state index in [1.165, 1.54) is 42.6 Å². The van der Waals surface area contributed by atoms with Crippen molar-refractivity contribution in [1.29, 1.82) is 0 Å². The van der Waals surface area contributed by atoms with Crippen LogP contribution in [0.4, 0.5) is 0 Å². The third-order valence-electron chi connectivity index (χ3n) is 4.00. The first-order valence-corrected chi connectivity index (χ1v) is 6.07. The maximum Gasteiger partial charge on any atom is 0.107 e. The minimum absolute atomic E-state index is 0.176. The maximum absolute atomic E-state index is 6.13. The van der Waals surface area contributed by atoms with Gasteiger partial charge in [-0.1, -0.05) is 0 Å². The van der Waals surface area contributed by atoms with E-state index in [9.17, 15) is 0 Å². The Labute approximate surface area is 90.8 Å². The molecule has 0 radical (unpaired) electrons. The van der Waals surface area contributed by atoms with Crippen LogP contribution in [-0.4, -0.2) is 5.54 Å². The van der Waals surface area contributed by atoms with Gasteiger partial charge in [0.25, 0.3) is 0 Å². The molecule has 0 aliphatic heterocycles. The molecule has 1 aromatic heterocycles. The van der Waals surface area contributed by atoms with Gasteiger partial charge in [-0.25, -0.2) is 0 Å². The van der Waals surface area contributed by atoms with Crippen LogP contribution in [0.15, 0.2) is 4.42 Å². The molecule has 1 aromatic rings. The summed E-state index contributed by atoms with van der Waals surface area (Å²) < 4.78 is 5.80. The molecule has 2 N–H and O–H groups in total. The molecule has 0 aromatic carbocycles. The van der Waals surface area contributed by atoms with Crippen molar-refractivity contribution in [2.24, 2.45) is 5.73 Å². The molecule has 0 amide bonds. The van der Waals surface area contributed by atoms with Gasteiger partial charge in [0.05, 0.1) is 0 Å². The molecule has 82 valence electrons. The summed E-state index contributed by atoms with van der Waals surface area (Å²) >= 11 is 0. The third-order valence-corrected chi connectivity index (χ3v) is 4.00. The molecule has 3 rings (SSSR count). The lowest BCUT2D eigenvalue weighted by atomic mass is 10.0. The summed E-state index contributed by atoms with van der Waals surface area (Å²) in [4.78, 5) is 0. The first-order chi connectivity index (χ1) is 7.18. The van der Waals surface area contributed by atoms with Gasteiger partial charge in [0, 0.05) is 12.0 Å². The lowest BCUT2D eigenvalue weighted by Gasteiger charge is -2.08. The minimum atomic E-state index is 0.176. The van der Waals surface area contributed by atoms with Crippen LogP contribution in [0.25, 0.3) is 0 Å². The number of aryl methyl sites for hydroxylation is 2. The highest BCUT2D eigenvalue weighted by molar-refractivity contribution is 5.36. The number of nitrogens with two attached hydrogens (primary N) is 1. The summed E-state index contributed by atoms with van der Waals surface area (Å²) in [5.74, 6) is 2.40. The molecule has 0 unspecified atom stereocenters. The van der Waals surface area contributed by atoms with E-state index in [2.05, 4.69) is 6.92 Å². The van der Waals surface area contributed by atoms with Crippen molar-refractivity contribution in [3.05, 3.63) is 22.6 Å². The van der Waals surface area contributed by atoms with Crippen LogP contribution in [0.2, 0.25) is 0 Å². The van der Waals surface area contributed by atoms with Gasteiger partial charge in [0.1, 0.15) is 11.5 Å². The van der Waals surface area contributed by atoms with Crippen LogP contribution in [0.5, 0.6) is 0 Å². The van der Waals surface area contributed by atoms with E-state index in [1.54, 1.807) is 0 Å². The van der Waals surface area contributed by atoms with E-state index in [0.29, 0.717) is 0 Å². The van der Waals surface area contributed by atoms with Crippen LogP contribution < -0.4 is 5.73 Å². The van der Waals surface area contributed by atoms with E-state index in [-0.39, 0.29) is 5.54 Å². The predicted octanol–water partition coefficient (Wildman–Crippen LogP) is 2.50. The first-order valence-electron chi connectivity index (χ1n) is 6.07. The number of hydrogen-bond donors (Lipinski definition) is 1. The van der Waals surface area contributed by atoms with Crippen molar-refractivity contribution in [3.63, 3.8) is 0 Å². The van der Waals surface area contributed by atoms with E-state index in [1.807, 2.05) is 0 Å². The molecule has 0 bridgehead atoms. The largest absolute Gasteiger partial charge is 0.466 e. The van der Waals surface area contributed by atoms with Crippen molar-refractivity contribution >= 4 is 0 Å². The zero-order valence-corrected chi connectivity index (χ0v) is 9.44. The molecule has 0 saturated heterocycles. The molecular weight excluding hydrogens is 186 g/mol. The first kappa shape index (κ1) is 9.46. The van der Waals surface area contributed by atoms with Crippen LogP contribution >= 0.6 is 0 Å². The smallest absolute Gasteiger partial charge is 0.107 e. The Balaban J connectivity index is 1.78. The molecule has 2 nitrogen and oxygen atoms in total.